The molecule has 1 aromatic heterocycles. The molecule has 1 atom stereocenters. The van der Waals surface area contributed by atoms with E-state index in [1.54, 1.807) is 34.0 Å². The first-order valence-corrected chi connectivity index (χ1v) is 9.85. The van der Waals surface area contributed by atoms with E-state index in [1.807, 2.05) is 31.2 Å². The van der Waals surface area contributed by atoms with Gasteiger partial charge in [-0.25, -0.2) is 4.68 Å². The smallest absolute Gasteiger partial charge is 0.243 e. The zero-order valence-corrected chi connectivity index (χ0v) is 16.9. The van der Waals surface area contributed by atoms with Crippen LogP contribution in [-0.2, 0) is 15.0 Å². The Kier molecular flexibility index (Phi) is 3.99. The average molecular weight is 417 g/mol. The molecule has 0 aliphatic carbocycles. The molecular formula is C23H17ClN4O2. The number of aryl methyl sites for hydroxylation is 1. The Labute approximate surface area is 178 Å². The van der Waals surface area contributed by atoms with E-state index in [9.17, 15) is 9.59 Å². The maximum atomic E-state index is 13.8. The largest absolute Gasteiger partial charge is 0.310 e. The van der Waals surface area contributed by atoms with Gasteiger partial charge in [0.15, 0.2) is 0 Å². The number of nitrogens with zero attached hydrogens (tertiary/aromatic N) is 3. The molecule has 2 aliphatic rings. The van der Waals surface area contributed by atoms with Gasteiger partial charge in [0.1, 0.15) is 11.2 Å². The van der Waals surface area contributed by atoms with Crippen LogP contribution in [0.1, 0.15) is 23.1 Å². The van der Waals surface area contributed by atoms with Crippen LogP contribution in [0.2, 0.25) is 5.02 Å². The zero-order valence-electron chi connectivity index (χ0n) is 16.1. The Hall–Kier alpha value is -3.56. The average Bonchev–Trinajstić information content (AvgIpc) is 3.23. The second kappa shape index (κ2) is 6.48. The first-order chi connectivity index (χ1) is 14.5. The summed E-state index contributed by atoms with van der Waals surface area (Å²) in [7, 11) is 0. The molecule has 2 aliphatic heterocycles. The van der Waals surface area contributed by atoms with Gasteiger partial charge in [0.2, 0.25) is 11.8 Å². The van der Waals surface area contributed by atoms with Crippen LogP contribution >= 0.6 is 11.6 Å². The summed E-state index contributed by atoms with van der Waals surface area (Å²) < 4.78 is 1.60. The fraction of sp³-hybridized carbons (Fsp3) is 0.174. The van der Waals surface area contributed by atoms with Gasteiger partial charge in [0.05, 0.1) is 24.1 Å². The van der Waals surface area contributed by atoms with Crippen molar-refractivity contribution in [3.63, 3.8) is 0 Å². The van der Waals surface area contributed by atoms with Gasteiger partial charge < -0.3 is 5.32 Å². The molecule has 0 unspecified atom stereocenters. The van der Waals surface area contributed by atoms with Gasteiger partial charge in [-0.05, 0) is 36.2 Å². The summed E-state index contributed by atoms with van der Waals surface area (Å²) in [5.74, 6) is 2.58. The molecule has 0 saturated heterocycles. The quantitative estimate of drug-likeness (QED) is 0.651. The summed E-state index contributed by atoms with van der Waals surface area (Å²) in [6.45, 7) is 2.08. The minimum absolute atomic E-state index is 0.00238. The van der Waals surface area contributed by atoms with Crippen LogP contribution < -0.4 is 10.2 Å². The van der Waals surface area contributed by atoms with Gasteiger partial charge in [0.25, 0.3) is 0 Å². The third-order valence-electron chi connectivity index (χ3n) is 5.79. The van der Waals surface area contributed by atoms with Crippen molar-refractivity contribution in [2.45, 2.75) is 18.8 Å². The molecular weight excluding hydrogens is 400 g/mol. The Morgan fingerprint density at radius 2 is 2.03 bits per heavy atom. The Morgan fingerprint density at radius 3 is 2.80 bits per heavy atom. The zero-order chi connectivity index (χ0) is 21.0. The monoisotopic (exact) mass is 416 g/mol. The van der Waals surface area contributed by atoms with Crippen molar-refractivity contribution >= 4 is 34.9 Å². The van der Waals surface area contributed by atoms with Crippen molar-refractivity contribution in [3.8, 4) is 18.0 Å². The molecule has 3 heterocycles. The fourth-order valence-corrected chi connectivity index (χ4v) is 4.76. The third-order valence-corrected chi connectivity index (χ3v) is 6.03. The van der Waals surface area contributed by atoms with Crippen LogP contribution in [0.5, 0.6) is 0 Å². The molecule has 1 spiro atoms. The number of aromatic nitrogens is 2. The number of halogens is 1. The van der Waals surface area contributed by atoms with Crippen LogP contribution in [0.15, 0.2) is 48.7 Å². The molecule has 6 nitrogen and oxygen atoms in total. The minimum Gasteiger partial charge on any atom is -0.310 e. The van der Waals surface area contributed by atoms with Crippen molar-refractivity contribution in [1.82, 2.24) is 9.78 Å². The van der Waals surface area contributed by atoms with Crippen molar-refractivity contribution in [1.29, 1.82) is 0 Å². The standard InChI is InChI=1S/C23H17ClN4O2/c1-3-10-27-20-14(2)6-4-9-17(20)23(22(27)30)12-19(29)26-21-18(23)13-25-28(21)16-8-5-7-15(24)11-16/h1,4-9,11,13H,10,12H2,2H3,(H,26,29)/t23-/m0/s1. The normalized spacial score (nSPS) is 19.4. The topological polar surface area (TPSA) is 67.2 Å². The van der Waals surface area contributed by atoms with E-state index in [1.165, 1.54) is 0 Å². The van der Waals surface area contributed by atoms with E-state index >= 15 is 0 Å². The summed E-state index contributed by atoms with van der Waals surface area (Å²) >= 11 is 6.15. The highest BCUT2D eigenvalue weighted by molar-refractivity contribution is 6.30. The Bertz CT molecular complexity index is 1270. The minimum atomic E-state index is -1.16. The first-order valence-electron chi connectivity index (χ1n) is 9.47. The molecule has 3 aromatic rings. The molecule has 5 rings (SSSR count). The lowest BCUT2D eigenvalue weighted by molar-refractivity contribution is -0.126. The van der Waals surface area contributed by atoms with E-state index in [0.717, 1.165) is 16.8 Å². The molecule has 148 valence electrons. The van der Waals surface area contributed by atoms with E-state index < -0.39 is 5.41 Å². The number of carbonyl (C=O) groups excluding carboxylic acids is 2. The molecule has 0 saturated carbocycles. The summed E-state index contributed by atoms with van der Waals surface area (Å²) in [6, 6.07) is 12.9. The van der Waals surface area contributed by atoms with Gasteiger partial charge in [-0.2, -0.15) is 5.10 Å². The van der Waals surface area contributed by atoms with Crippen LogP contribution in [-0.4, -0.2) is 28.1 Å². The molecule has 7 heteroatoms. The number of rotatable bonds is 2. The van der Waals surface area contributed by atoms with E-state index in [4.69, 9.17) is 18.0 Å². The molecule has 1 N–H and O–H groups in total. The highest BCUT2D eigenvalue weighted by atomic mass is 35.5. The molecule has 30 heavy (non-hydrogen) atoms. The van der Waals surface area contributed by atoms with E-state index in [2.05, 4.69) is 16.3 Å². The molecule has 0 radical (unpaired) electrons. The number of hydrogen-bond donors (Lipinski definition) is 1. The highest BCUT2D eigenvalue weighted by Crippen LogP contribution is 2.53. The summed E-state index contributed by atoms with van der Waals surface area (Å²) in [4.78, 5) is 28.2. The number of fused-ring (bicyclic) bond motifs is 4. The number of nitrogens with one attached hydrogen (secondary N) is 1. The molecule has 2 amide bonds. The van der Waals surface area contributed by atoms with Gasteiger partial charge in [-0.15, -0.1) is 6.42 Å². The number of amides is 2. The summed E-state index contributed by atoms with van der Waals surface area (Å²) in [5.41, 5.74) is 2.67. The van der Waals surface area contributed by atoms with Gasteiger partial charge in [-0.3, -0.25) is 14.5 Å². The maximum absolute atomic E-state index is 13.8. The van der Waals surface area contributed by atoms with E-state index in [-0.39, 0.29) is 24.8 Å². The molecule has 0 fully saturated rings. The van der Waals surface area contributed by atoms with Crippen molar-refractivity contribution in [3.05, 3.63) is 70.4 Å². The van der Waals surface area contributed by atoms with Crippen LogP contribution in [0.4, 0.5) is 11.5 Å². The van der Waals surface area contributed by atoms with Crippen LogP contribution in [0.25, 0.3) is 5.69 Å². The predicted octanol–water partition coefficient (Wildman–Crippen LogP) is 3.44. The third kappa shape index (κ3) is 2.36. The lowest BCUT2D eigenvalue weighted by atomic mass is 9.71. The number of carbonyl (C=O) groups is 2. The lowest BCUT2D eigenvalue weighted by Crippen LogP contribution is -2.46. The van der Waals surface area contributed by atoms with Gasteiger partial charge in [0, 0.05) is 17.0 Å². The number of para-hydroxylation sites is 1. The van der Waals surface area contributed by atoms with Gasteiger partial charge >= 0.3 is 0 Å². The Morgan fingerprint density at radius 1 is 1.23 bits per heavy atom. The van der Waals surface area contributed by atoms with Crippen molar-refractivity contribution < 1.29 is 9.59 Å². The van der Waals surface area contributed by atoms with Crippen LogP contribution in [0.3, 0.4) is 0 Å². The number of anilines is 2. The Balaban J connectivity index is 1.79. The van der Waals surface area contributed by atoms with E-state index in [0.29, 0.717) is 22.1 Å². The fourth-order valence-electron chi connectivity index (χ4n) is 4.58. The number of benzene rings is 2. The van der Waals surface area contributed by atoms with Crippen molar-refractivity contribution in [2.75, 3.05) is 16.8 Å². The predicted molar refractivity (Wildman–Crippen MR) is 115 cm³/mol. The number of hydrogen-bond acceptors (Lipinski definition) is 3. The first kappa shape index (κ1) is 18.5. The maximum Gasteiger partial charge on any atom is 0.243 e. The highest BCUT2D eigenvalue weighted by Gasteiger charge is 2.57. The molecule has 0 bridgehead atoms. The second-order valence-electron chi connectivity index (χ2n) is 7.50. The second-order valence-corrected chi connectivity index (χ2v) is 7.93. The van der Waals surface area contributed by atoms with Crippen LogP contribution in [0, 0.1) is 19.3 Å². The lowest BCUT2D eigenvalue weighted by Gasteiger charge is -2.32. The van der Waals surface area contributed by atoms with Crippen molar-refractivity contribution in [2.24, 2.45) is 0 Å². The summed E-state index contributed by atoms with van der Waals surface area (Å²) in [5, 5.41) is 7.94. The summed E-state index contributed by atoms with van der Waals surface area (Å²) in [6.07, 6.45) is 7.21. The molecule has 2 aromatic carbocycles. The SMILES string of the molecule is C#CCN1C(=O)[C@@]2(CC(=O)Nc3c2cnn3-c2cccc(Cl)c2)c2cccc(C)c21. The number of terminal acetylenes is 1. The van der Waals surface area contributed by atoms with Gasteiger partial charge in [-0.1, -0.05) is 41.8 Å².